The largest absolute Gasteiger partial charge is 0.398 e. The van der Waals surface area contributed by atoms with Crippen LogP contribution in [0.4, 0.5) is 10.8 Å². The van der Waals surface area contributed by atoms with E-state index >= 15 is 0 Å². The maximum Gasteiger partial charge on any atom is 0.261 e. The summed E-state index contributed by atoms with van der Waals surface area (Å²) in [7, 11) is 0. The van der Waals surface area contributed by atoms with Gasteiger partial charge in [-0.05, 0) is 13.0 Å². The van der Waals surface area contributed by atoms with E-state index < -0.39 is 0 Å². The number of nitrogens with zero attached hydrogens (tertiary/aromatic N) is 2. The van der Waals surface area contributed by atoms with E-state index in [1.54, 1.807) is 18.5 Å². The highest BCUT2D eigenvalue weighted by Crippen LogP contribution is 2.18. The summed E-state index contributed by atoms with van der Waals surface area (Å²) in [5, 5.41) is 3.23. The number of nitrogen functional groups attached to an aromatic ring is 1. The molecule has 6 heteroatoms. The fourth-order valence-electron chi connectivity index (χ4n) is 1.17. The van der Waals surface area contributed by atoms with Crippen molar-refractivity contribution in [3.8, 4) is 0 Å². The summed E-state index contributed by atoms with van der Waals surface area (Å²) in [6.45, 7) is 1.92. The Balaban J connectivity index is 2.18. The minimum Gasteiger partial charge on any atom is -0.398 e. The standard InChI is InChI=1S/C10H10N4OS/c1-6-4-13-10(16-6)14-9(15)7-5-12-3-2-8(7)11/h2-5H,1H3,(H2,11,12)(H,13,14,15). The average molecular weight is 234 g/mol. The maximum absolute atomic E-state index is 11.8. The van der Waals surface area contributed by atoms with Gasteiger partial charge in [-0.1, -0.05) is 0 Å². The van der Waals surface area contributed by atoms with Gasteiger partial charge in [0, 0.05) is 29.2 Å². The van der Waals surface area contributed by atoms with E-state index in [0.717, 1.165) is 4.88 Å². The van der Waals surface area contributed by atoms with Crippen LogP contribution in [-0.4, -0.2) is 15.9 Å². The third kappa shape index (κ3) is 2.17. The Morgan fingerprint density at radius 1 is 1.50 bits per heavy atom. The zero-order chi connectivity index (χ0) is 11.5. The Morgan fingerprint density at radius 2 is 2.31 bits per heavy atom. The van der Waals surface area contributed by atoms with E-state index in [9.17, 15) is 4.79 Å². The highest BCUT2D eigenvalue weighted by atomic mass is 32.1. The first kappa shape index (κ1) is 10.6. The third-order valence-corrected chi connectivity index (χ3v) is 2.77. The minimum atomic E-state index is -0.292. The maximum atomic E-state index is 11.8. The van der Waals surface area contributed by atoms with E-state index in [-0.39, 0.29) is 5.91 Å². The number of pyridine rings is 1. The molecule has 2 aromatic rings. The molecule has 0 aliphatic rings. The molecule has 2 aromatic heterocycles. The Bertz CT molecular complexity index is 523. The lowest BCUT2D eigenvalue weighted by Gasteiger charge is -2.03. The molecule has 2 heterocycles. The number of thiazole rings is 1. The molecule has 0 atom stereocenters. The molecule has 0 radical (unpaired) electrons. The van der Waals surface area contributed by atoms with Gasteiger partial charge in [-0.3, -0.25) is 15.1 Å². The number of aromatic nitrogens is 2. The Labute approximate surface area is 96.3 Å². The molecule has 16 heavy (non-hydrogen) atoms. The summed E-state index contributed by atoms with van der Waals surface area (Å²) >= 11 is 1.41. The van der Waals surface area contributed by atoms with Crippen molar-refractivity contribution in [2.75, 3.05) is 11.1 Å². The molecule has 82 valence electrons. The van der Waals surface area contributed by atoms with E-state index in [0.29, 0.717) is 16.4 Å². The molecule has 0 bridgehead atoms. The summed E-state index contributed by atoms with van der Waals surface area (Å²) < 4.78 is 0. The van der Waals surface area contributed by atoms with Crippen LogP contribution in [0.5, 0.6) is 0 Å². The second-order valence-corrected chi connectivity index (χ2v) is 4.43. The summed E-state index contributed by atoms with van der Waals surface area (Å²) in [4.78, 5) is 20.7. The smallest absolute Gasteiger partial charge is 0.261 e. The first-order valence-corrected chi connectivity index (χ1v) is 5.42. The quantitative estimate of drug-likeness (QED) is 0.828. The van der Waals surface area contributed by atoms with Gasteiger partial charge in [0.1, 0.15) is 0 Å². The topological polar surface area (TPSA) is 80.9 Å². The van der Waals surface area contributed by atoms with Crippen LogP contribution >= 0.6 is 11.3 Å². The number of amides is 1. The fraction of sp³-hybridized carbons (Fsp3) is 0.100. The van der Waals surface area contributed by atoms with Crippen molar-refractivity contribution < 1.29 is 4.79 Å². The summed E-state index contributed by atoms with van der Waals surface area (Å²) in [5.41, 5.74) is 6.42. The monoisotopic (exact) mass is 234 g/mol. The molecule has 2 rings (SSSR count). The number of anilines is 2. The predicted molar refractivity (Wildman–Crippen MR) is 63.5 cm³/mol. The van der Waals surface area contributed by atoms with Gasteiger partial charge < -0.3 is 5.73 Å². The fourth-order valence-corrected chi connectivity index (χ4v) is 1.83. The SMILES string of the molecule is Cc1cnc(NC(=O)c2cnccc2N)s1. The van der Waals surface area contributed by atoms with Gasteiger partial charge in [0.25, 0.3) is 5.91 Å². The van der Waals surface area contributed by atoms with Gasteiger partial charge in [-0.2, -0.15) is 0 Å². The van der Waals surface area contributed by atoms with Gasteiger partial charge in [0.05, 0.1) is 5.56 Å². The third-order valence-electron chi connectivity index (χ3n) is 1.94. The molecule has 1 amide bonds. The second-order valence-electron chi connectivity index (χ2n) is 3.19. The van der Waals surface area contributed by atoms with Crippen LogP contribution in [0.1, 0.15) is 15.2 Å². The lowest BCUT2D eigenvalue weighted by molar-refractivity contribution is 0.102. The van der Waals surface area contributed by atoms with Crippen molar-refractivity contribution in [2.45, 2.75) is 6.92 Å². The van der Waals surface area contributed by atoms with Crippen LogP contribution in [0.3, 0.4) is 0 Å². The van der Waals surface area contributed by atoms with E-state index in [1.165, 1.54) is 17.5 Å². The lowest BCUT2D eigenvalue weighted by atomic mass is 10.2. The molecule has 0 aliphatic carbocycles. The van der Waals surface area contributed by atoms with Gasteiger partial charge in [-0.15, -0.1) is 11.3 Å². The minimum absolute atomic E-state index is 0.292. The van der Waals surface area contributed by atoms with Crippen molar-refractivity contribution in [3.63, 3.8) is 0 Å². The molecule has 0 saturated heterocycles. The molecular weight excluding hydrogens is 224 g/mol. The summed E-state index contributed by atoms with van der Waals surface area (Å²) in [6.07, 6.45) is 4.68. The Morgan fingerprint density at radius 3 is 2.94 bits per heavy atom. The number of nitrogens with two attached hydrogens (primary N) is 1. The average Bonchev–Trinajstić information content (AvgIpc) is 2.64. The molecule has 0 spiro atoms. The molecular formula is C10H10N4OS. The molecule has 0 fully saturated rings. The molecule has 3 N–H and O–H groups in total. The van der Waals surface area contributed by atoms with Crippen LogP contribution in [0.15, 0.2) is 24.7 Å². The van der Waals surface area contributed by atoms with Crippen LogP contribution in [0, 0.1) is 6.92 Å². The van der Waals surface area contributed by atoms with E-state index in [1.807, 2.05) is 6.92 Å². The first-order chi connectivity index (χ1) is 7.66. The normalized spacial score (nSPS) is 10.1. The van der Waals surface area contributed by atoms with E-state index in [2.05, 4.69) is 15.3 Å². The number of nitrogens with one attached hydrogen (secondary N) is 1. The number of rotatable bonds is 2. The van der Waals surface area contributed by atoms with Crippen molar-refractivity contribution in [3.05, 3.63) is 35.1 Å². The highest BCUT2D eigenvalue weighted by molar-refractivity contribution is 7.15. The Kier molecular flexibility index (Phi) is 2.82. The van der Waals surface area contributed by atoms with Gasteiger partial charge in [0.15, 0.2) is 5.13 Å². The van der Waals surface area contributed by atoms with Crippen LogP contribution in [0.25, 0.3) is 0 Å². The van der Waals surface area contributed by atoms with Gasteiger partial charge in [0.2, 0.25) is 0 Å². The number of hydrogen-bond donors (Lipinski definition) is 2. The van der Waals surface area contributed by atoms with Crippen molar-refractivity contribution in [2.24, 2.45) is 0 Å². The molecule has 0 unspecified atom stereocenters. The van der Waals surface area contributed by atoms with Crippen molar-refractivity contribution in [1.82, 2.24) is 9.97 Å². The van der Waals surface area contributed by atoms with Crippen molar-refractivity contribution >= 4 is 28.1 Å². The van der Waals surface area contributed by atoms with Crippen LogP contribution in [0.2, 0.25) is 0 Å². The number of carbonyl (C=O) groups excluding carboxylic acids is 1. The van der Waals surface area contributed by atoms with Gasteiger partial charge >= 0.3 is 0 Å². The number of hydrogen-bond acceptors (Lipinski definition) is 5. The second kappa shape index (κ2) is 4.28. The first-order valence-electron chi connectivity index (χ1n) is 4.60. The van der Waals surface area contributed by atoms with Crippen LogP contribution < -0.4 is 11.1 Å². The number of aryl methyl sites for hydroxylation is 1. The number of carbonyl (C=O) groups is 1. The predicted octanol–water partition coefficient (Wildman–Crippen LogP) is 1.68. The zero-order valence-corrected chi connectivity index (χ0v) is 9.41. The molecule has 5 nitrogen and oxygen atoms in total. The Hall–Kier alpha value is -1.95. The van der Waals surface area contributed by atoms with E-state index in [4.69, 9.17) is 5.73 Å². The molecule has 0 aromatic carbocycles. The highest BCUT2D eigenvalue weighted by Gasteiger charge is 2.11. The van der Waals surface area contributed by atoms with Crippen LogP contribution in [-0.2, 0) is 0 Å². The summed E-state index contributed by atoms with van der Waals surface area (Å²) in [6, 6.07) is 1.59. The van der Waals surface area contributed by atoms with Crippen molar-refractivity contribution in [1.29, 1.82) is 0 Å². The van der Waals surface area contributed by atoms with Gasteiger partial charge in [-0.25, -0.2) is 4.98 Å². The lowest BCUT2D eigenvalue weighted by Crippen LogP contribution is -2.14. The summed E-state index contributed by atoms with van der Waals surface area (Å²) in [5.74, 6) is -0.292. The molecule has 0 saturated carbocycles. The molecule has 0 aliphatic heterocycles. The zero-order valence-electron chi connectivity index (χ0n) is 8.60.